The maximum absolute atomic E-state index is 4.82. The normalized spacial score (nSPS) is 22.0. The number of hydrogen-bond acceptors (Lipinski definition) is 2. The van der Waals surface area contributed by atoms with Crippen molar-refractivity contribution in [2.75, 3.05) is 39.3 Å². The van der Waals surface area contributed by atoms with E-state index in [-0.39, 0.29) is 24.0 Å². The van der Waals surface area contributed by atoms with E-state index in [4.69, 9.17) is 4.99 Å². The highest BCUT2D eigenvalue weighted by Crippen LogP contribution is 2.19. The molecule has 1 aliphatic carbocycles. The number of likely N-dealkylation sites (tertiary alicyclic amines) is 1. The van der Waals surface area contributed by atoms with Crippen molar-refractivity contribution in [2.45, 2.75) is 58.8 Å². The van der Waals surface area contributed by atoms with Gasteiger partial charge in [0.1, 0.15) is 0 Å². The number of rotatable bonds is 8. The van der Waals surface area contributed by atoms with E-state index in [2.05, 4.69) is 35.5 Å². The molecule has 0 radical (unpaired) electrons. The van der Waals surface area contributed by atoms with Crippen molar-refractivity contribution >= 4 is 29.9 Å². The van der Waals surface area contributed by atoms with Crippen molar-refractivity contribution in [3.05, 3.63) is 11.6 Å². The summed E-state index contributed by atoms with van der Waals surface area (Å²) < 4.78 is 0. The SMILES string of the molecule is CCCN1CCC(CN=C(NCC)NCCC2=CCCCC2)C1.I. The Hall–Kier alpha value is -0.300. The first kappa shape index (κ1) is 21.7. The van der Waals surface area contributed by atoms with E-state index in [0.717, 1.165) is 37.9 Å². The first-order valence-electron chi connectivity index (χ1n) is 9.74. The zero-order valence-electron chi connectivity index (χ0n) is 15.6. The molecule has 0 saturated carbocycles. The van der Waals surface area contributed by atoms with E-state index in [1.54, 1.807) is 5.57 Å². The highest BCUT2D eigenvalue weighted by molar-refractivity contribution is 14.0. The topological polar surface area (TPSA) is 39.7 Å². The van der Waals surface area contributed by atoms with Gasteiger partial charge in [-0.2, -0.15) is 0 Å². The Labute approximate surface area is 166 Å². The molecular weight excluding hydrogens is 411 g/mol. The summed E-state index contributed by atoms with van der Waals surface area (Å²) in [6, 6.07) is 0. The fraction of sp³-hybridized carbons (Fsp3) is 0.842. The Kier molecular flexibility index (Phi) is 11.8. The molecule has 2 rings (SSSR count). The van der Waals surface area contributed by atoms with Crippen LogP contribution < -0.4 is 10.6 Å². The number of nitrogens with one attached hydrogen (secondary N) is 2. The van der Waals surface area contributed by atoms with Crippen LogP contribution in [-0.2, 0) is 0 Å². The van der Waals surface area contributed by atoms with Crippen LogP contribution in [0.15, 0.2) is 16.6 Å². The predicted molar refractivity (Wildman–Crippen MR) is 115 cm³/mol. The maximum atomic E-state index is 4.82. The van der Waals surface area contributed by atoms with Gasteiger partial charge < -0.3 is 15.5 Å². The van der Waals surface area contributed by atoms with Gasteiger partial charge in [-0.15, -0.1) is 24.0 Å². The average Bonchev–Trinajstić information content (AvgIpc) is 3.02. The first-order valence-corrected chi connectivity index (χ1v) is 9.74. The largest absolute Gasteiger partial charge is 0.357 e. The van der Waals surface area contributed by atoms with E-state index >= 15 is 0 Å². The Morgan fingerprint density at radius 3 is 2.88 bits per heavy atom. The summed E-state index contributed by atoms with van der Waals surface area (Å²) in [6.07, 6.45) is 11.5. The molecule has 2 N–H and O–H groups in total. The Balaban J connectivity index is 0.00000288. The monoisotopic (exact) mass is 448 g/mol. The number of hydrogen-bond donors (Lipinski definition) is 2. The van der Waals surface area contributed by atoms with Gasteiger partial charge in [0, 0.05) is 26.2 Å². The summed E-state index contributed by atoms with van der Waals surface area (Å²) in [4.78, 5) is 7.40. The van der Waals surface area contributed by atoms with E-state index in [1.165, 1.54) is 58.2 Å². The number of halogens is 1. The number of allylic oxidation sites excluding steroid dienone is 1. The summed E-state index contributed by atoms with van der Waals surface area (Å²) in [5.41, 5.74) is 1.63. The van der Waals surface area contributed by atoms with Crippen molar-refractivity contribution in [3.8, 4) is 0 Å². The second-order valence-corrected chi connectivity index (χ2v) is 6.96. The second-order valence-electron chi connectivity index (χ2n) is 6.96. The van der Waals surface area contributed by atoms with Crippen molar-refractivity contribution in [1.82, 2.24) is 15.5 Å². The van der Waals surface area contributed by atoms with Gasteiger partial charge in [0.15, 0.2) is 5.96 Å². The third-order valence-electron chi connectivity index (χ3n) is 4.89. The molecular formula is C19H37IN4. The number of guanidine groups is 1. The molecule has 1 aliphatic heterocycles. The van der Waals surface area contributed by atoms with E-state index in [0.29, 0.717) is 0 Å². The minimum Gasteiger partial charge on any atom is -0.357 e. The smallest absolute Gasteiger partial charge is 0.191 e. The van der Waals surface area contributed by atoms with Crippen LogP contribution in [0.5, 0.6) is 0 Å². The fourth-order valence-corrected chi connectivity index (χ4v) is 3.62. The third-order valence-corrected chi connectivity index (χ3v) is 4.89. The summed E-state index contributed by atoms with van der Waals surface area (Å²) >= 11 is 0. The first-order chi connectivity index (χ1) is 11.3. The van der Waals surface area contributed by atoms with Gasteiger partial charge in [-0.05, 0) is 70.9 Å². The van der Waals surface area contributed by atoms with Crippen LogP contribution in [0, 0.1) is 5.92 Å². The van der Waals surface area contributed by atoms with Gasteiger partial charge in [0.05, 0.1) is 0 Å². The zero-order valence-corrected chi connectivity index (χ0v) is 18.0. The summed E-state index contributed by atoms with van der Waals surface area (Å²) in [5, 5.41) is 6.90. The van der Waals surface area contributed by atoms with Gasteiger partial charge in [-0.1, -0.05) is 18.6 Å². The van der Waals surface area contributed by atoms with Crippen LogP contribution in [-0.4, -0.2) is 50.1 Å². The Morgan fingerprint density at radius 1 is 1.29 bits per heavy atom. The van der Waals surface area contributed by atoms with Crippen LogP contribution in [0.3, 0.4) is 0 Å². The predicted octanol–water partition coefficient (Wildman–Crippen LogP) is 3.78. The minimum atomic E-state index is 0. The van der Waals surface area contributed by atoms with E-state index in [1.807, 2.05) is 0 Å². The summed E-state index contributed by atoms with van der Waals surface area (Å²) in [7, 11) is 0. The van der Waals surface area contributed by atoms with Crippen LogP contribution in [0.4, 0.5) is 0 Å². The van der Waals surface area contributed by atoms with Gasteiger partial charge in [0.2, 0.25) is 0 Å². The average molecular weight is 448 g/mol. The molecule has 0 aromatic carbocycles. The quantitative estimate of drug-likeness (QED) is 0.257. The van der Waals surface area contributed by atoms with Crippen molar-refractivity contribution < 1.29 is 0 Å². The molecule has 5 heteroatoms. The molecule has 24 heavy (non-hydrogen) atoms. The van der Waals surface area contributed by atoms with Crippen molar-refractivity contribution in [3.63, 3.8) is 0 Å². The molecule has 1 heterocycles. The molecule has 0 spiro atoms. The lowest BCUT2D eigenvalue weighted by atomic mass is 9.97. The third kappa shape index (κ3) is 8.19. The Morgan fingerprint density at radius 2 is 2.17 bits per heavy atom. The summed E-state index contributed by atoms with van der Waals surface area (Å²) in [5.74, 6) is 1.73. The van der Waals surface area contributed by atoms with Gasteiger partial charge in [-0.3, -0.25) is 4.99 Å². The molecule has 0 aromatic heterocycles. The van der Waals surface area contributed by atoms with Gasteiger partial charge >= 0.3 is 0 Å². The lowest BCUT2D eigenvalue weighted by molar-refractivity contribution is 0.326. The molecule has 0 amide bonds. The highest BCUT2D eigenvalue weighted by Gasteiger charge is 2.21. The molecule has 1 atom stereocenters. The molecule has 1 fully saturated rings. The molecule has 140 valence electrons. The standard InChI is InChI=1S/C19H36N4.HI/c1-3-13-23-14-11-18(16-23)15-22-19(20-4-2)21-12-10-17-8-6-5-7-9-17;/h8,18H,3-7,9-16H2,1-2H3,(H2,20,21,22);1H. The number of aliphatic imine (C=N–C) groups is 1. The van der Waals surface area contributed by atoms with Crippen LogP contribution in [0.25, 0.3) is 0 Å². The van der Waals surface area contributed by atoms with Crippen LogP contribution in [0.1, 0.15) is 58.8 Å². The zero-order chi connectivity index (χ0) is 16.3. The fourth-order valence-electron chi connectivity index (χ4n) is 3.62. The molecule has 1 saturated heterocycles. The van der Waals surface area contributed by atoms with Gasteiger partial charge in [0.25, 0.3) is 0 Å². The van der Waals surface area contributed by atoms with E-state index < -0.39 is 0 Å². The minimum absolute atomic E-state index is 0. The van der Waals surface area contributed by atoms with Crippen molar-refractivity contribution in [2.24, 2.45) is 10.9 Å². The van der Waals surface area contributed by atoms with Crippen LogP contribution >= 0.6 is 24.0 Å². The lowest BCUT2D eigenvalue weighted by Crippen LogP contribution is -2.38. The van der Waals surface area contributed by atoms with Crippen molar-refractivity contribution in [1.29, 1.82) is 0 Å². The van der Waals surface area contributed by atoms with Crippen LogP contribution in [0.2, 0.25) is 0 Å². The molecule has 4 nitrogen and oxygen atoms in total. The second kappa shape index (κ2) is 13.0. The molecule has 2 aliphatic rings. The lowest BCUT2D eigenvalue weighted by Gasteiger charge is -2.16. The maximum Gasteiger partial charge on any atom is 0.191 e. The number of nitrogens with zero attached hydrogens (tertiary/aromatic N) is 2. The molecule has 0 aromatic rings. The highest BCUT2D eigenvalue weighted by atomic mass is 127. The molecule has 0 bridgehead atoms. The van der Waals surface area contributed by atoms with E-state index in [9.17, 15) is 0 Å². The molecule has 1 unspecified atom stereocenters. The Bertz CT molecular complexity index is 395. The van der Waals surface area contributed by atoms with Gasteiger partial charge in [-0.25, -0.2) is 0 Å². The summed E-state index contributed by atoms with van der Waals surface area (Å²) in [6.45, 7) is 11.0.